The lowest BCUT2D eigenvalue weighted by Gasteiger charge is -2.06. The summed E-state index contributed by atoms with van der Waals surface area (Å²) in [7, 11) is -2.03. The summed E-state index contributed by atoms with van der Waals surface area (Å²) in [5, 5.41) is 0.778. The third-order valence-electron chi connectivity index (χ3n) is 2.29. The monoisotopic (exact) mass is 363 g/mol. The molecule has 0 amide bonds. The van der Waals surface area contributed by atoms with Crippen LogP contribution >= 0.6 is 27.3 Å². The van der Waals surface area contributed by atoms with Gasteiger partial charge < -0.3 is 4.74 Å². The minimum absolute atomic E-state index is 0.407. The molecule has 1 aromatic carbocycles. The second-order valence-electron chi connectivity index (χ2n) is 3.85. The van der Waals surface area contributed by atoms with E-state index in [2.05, 4.69) is 25.4 Å². The van der Waals surface area contributed by atoms with E-state index in [9.17, 15) is 13.2 Å². The Morgan fingerprint density at radius 3 is 2.63 bits per heavy atom. The SMILES string of the molecule is COC(=O)c1cc2cc(NS(C)(=O)=O)c(Br)cc2s1. The Hall–Kier alpha value is -1.12. The average molecular weight is 364 g/mol. The maximum atomic E-state index is 11.4. The molecule has 0 aliphatic carbocycles. The topological polar surface area (TPSA) is 72.5 Å². The number of carbonyl (C=O) groups excluding carboxylic acids is 1. The Morgan fingerprint density at radius 1 is 1.37 bits per heavy atom. The maximum absolute atomic E-state index is 11.4. The Balaban J connectivity index is 2.53. The van der Waals surface area contributed by atoms with E-state index in [1.807, 2.05) is 0 Å². The number of methoxy groups -OCH3 is 1. The Labute approximate surface area is 122 Å². The van der Waals surface area contributed by atoms with Crippen molar-refractivity contribution in [1.82, 2.24) is 0 Å². The molecule has 0 saturated carbocycles. The smallest absolute Gasteiger partial charge is 0.348 e. The summed E-state index contributed by atoms with van der Waals surface area (Å²) in [5.41, 5.74) is 0.434. The van der Waals surface area contributed by atoms with Crippen LogP contribution in [0.1, 0.15) is 9.67 Å². The quantitative estimate of drug-likeness (QED) is 0.851. The molecule has 2 rings (SSSR count). The summed E-state index contributed by atoms with van der Waals surface area (Å²) >= 11 is 4.59. The Kier molecular flexibility index (Phi) is 3.84. The highest BCUT2D eigenvalue weighted by molar-refractivity contribution is 9.10. The van der Waals surface area contributed by atoms with Crippen LogP contribution in [0.25, 0.3) is 10.1 Å². The number of esters is 1. The molecule has 0 unspecified atom stereocenters. The molecule has 8 heteroatoms. The molecule has 5 nitrogen and oxygen atoms in total. The first-order valence-corrected chi connectivity index (χ1v) is 8.59. The number of ether oxygens (including phenoxy) is 1. The zero-order valence-electron chi connectivity index (χ0n) is 10.1. The number of sulfonamides is 1. The molecule has 0 atom stereocenters. The van der Waals surface area contributed by atoms with Crippen LogP contribution < -0.4 is 4.72 Å². The van der Waals surface area contributed by atoms with Gasteiger partial charge in [-0.2, -0.15) is 0 Å². The molecular formula is C11H10BrNO4S2. The van der Waals surface area contributed by atoms with Crippen molar-refractivity contribution in [2.75, 3.05) is 18.1 Å². The fraction of sp³-hybridized carbons (Fsp3) is 0.182. The molecule has 19 heavy (non-hydrogen) atoms. The van der Waals surface area contributed by atoms with E-state index < -0.39 is 16.0 Å². The van der Waals surface area contributed by atoms with Gasteiger partial charge in [-0.1, -0.05) is 0 Å². The summed E-state index contributed by atoms with van der Waals surface area (Å²) in [5.74, 6) is -0.407. The minimum atomic E-state index is -3.35. The van der Waals surface area contributed by atoms with E-state index in [1.54, 1.807) is 18.2 Å². The van der Waals surface area contributed by atoms with Gasteiger partial charge in [0.25, 0.3) is 0 Å². The van der Waals surface area contributed by atoms with E-state index in [1.165, 1.54) is 18.4 Å². The molecule has 0 spiro atoms. The Morgan fingerprint density at radius 2 is 2.05 bits per heavy atom. The highest BCUT2D eigenvalue weighted by Crippen LogP contribution is 2.34. The fourth-order valence-corrected chi connectivity index (χ4v) is 3.84. The standard InChI is InChI=1S/C11H10BrNO4S2/c1-17-11(14)10-4-6-3-8(13-19(2,15)16)7(12)5-9(6)18-10/h3-5,13H,1-2H3. The number of rotatable bonds is 3. The number of nitrogens with one attached hydrogen (secondary N) is 1. The van der Waals surface area contributed by atoms with Crippen molar-refractivity contribution >= 4 is 59.0 Å². The number of carbonyl (C=O) groups is 1. The third kappa shape index (κ3) is 3.26. The normalized spacial score (nSPS) is 11.5. The van der Waals surface area contributed by atoms with Crippen molar-refractivity contribution in [1.29, 1.82) is 0 Å². The molecule has 0 radical (unpaired) electrons. The molecule has 0 fully saturated rings. The van der Waals surface area contributed by atoms with Crippen molar-refractivity contribution in [2.24, 2.45) is 0 Å². The first kappa shape index (κ1) is 14.3. The van der Waals surface area contributed by atoms with Crippen LogP contribution in [0.3, 0.4) is 0 Å². The average Bonchev–Trinajstić information content (AvgIpc) is 2.69. The van der Waals surface area contributed by atoms with Crippen LogP contribution in [0.15, 0.2) is 22.7 Å². The van der Waals surface area contributed by atoms with E-state index >= 15 is 0 Å². The summed E-state index contributed by atoms with van der Waals surface area (Å²) in [4.78, 5) is 11.9. The van der Waals surface area contributed by atoms with E-state index in [0.717, 1.165) is 16.3 Å². The van der Waals surface area contributed by atoms with Crippen LogP contribution in [0, 0.1) is 0 Å². The van der Waals surface area contributed by atoms with E-state index in [-0.39, 0.29) is 0 Å². The number of thiophene rings is 1. The summed E-state index contributed by atoms with van der Waals surface area (Å²) in [6.07, 6.45) is 1.08. The van der Waals surface area contributed by atoms with E-state index in [4.69, 9.17) is 0 Å². The van der Waals surface area contributed by atoms with Gasteiger partial charge in [-0.25, -0.2) is 13.2 Å². The van der Waals surface area contributed by atoms with Crippen LogP contribution in [0.5, 0.6) is 0 Å². The van der Waals surface area contributed by atoms with Crippen molar-refractivity contribution in [3.63, 3.8) is 0 Å². The molecule has 1 aromatic heterocycles. The predicted octanol–water partition coefficient (Wildman–Crippen LogP) is 2.82. The third-order valence-corrected chi connectivity index (χ3v) is 4.61. The Bertz CT molecular complexity index is 751. The number of halogens is 1. The molecule has 102 valence electrons. The lowest BCUT2D eigenvalue weighted by molar-refractivity contribution is 0.0606. The highest BCUT2D eigenvalue weighted by Gasteiger charge is 2.13. The molecule has 0 aliphatic heterocycles. The summed E-state index contributed by atoms with van der Waals surface area (Å²) in [6.45, 7) is 0. The van der Waals surface area contributed by atoms with Crippen LogP contribution in [-0.4, -0.2) is 27.8 Å². The highest BCUT2D eigenvalue weighted by atomic mass is 79.9. The molecular weight excluding hydrogens is 354 g/mol. The molecule has 0 bridgehead atoms. The van der Waals surface area contributed by atoms with Gasteiger partial charge in [-0.15, -0.1) is 11.3 Å². The van der Waals surface area contributed by atoms with Crippen molar-refractivity contribution in [3.05, 3.63) is 27.5 Å². The second kappa shape index (κ2) is 5.10. The number of anilines is 1. The van der Waals surface area contributed by atoms with Gasteiger partial charge >= 0.3 is 5.97 Å². The zero-order valence-corrected chi connectivity index (χ0v) is 13.3. The first-order valence-electron chi connectivity index (χ1n) is 5.09. The number of hydrogen-bond donors (Lipinski definition) is 1. The first-order chi connectivity index (χ1) is 8.80. The van der Waals surface area contributed by atoms with Crippen LogP contribution in [0.4, 0.5) is 5.69 Å². The second-order valence-corrected chi connectivity index (χ2v) is 7.53. The van der Waals surface area contributed by atoms with Gasteiger partial charge in [0.05, 0.1) is 19.1 Å². The zero-order chi connectivity index (χ0) is 14.2. The fourth-order valence-electron chi connectivity index (χ4n) is 1.54. The van der Waals surface area contributed by atoms with Gasteiger partial charge in [0.1, 0.15) is 4.88 Å². The van der Waals surface area contributed by atoms with Crippen LogP contribution in [-0.2, 0) is 14.8 Å². The number of hydrogen-bond acceptors (Lipinski definition) is 5. The molecule has 2 aromatic rings. The summed E-state index contributed by atoms with van der Waals surface area (Å²) in [6, 6.07) is 5.11. The van der Waals surface area contributed by atoms with Crippen molar-refractivity contribution in [2.45, 2.75) is 0 Å². The number of fused-ring (bicyclic) bond motifs is 1. The van der Waals surface area contributed by atoms with Gasteiger partial charge in [-0.05, 0) is 39.5 Å². The van der Waals surface area contributed by atoms with Crippen LogP contribution in [0.2, 0.25) is 0 Å². The summed E-state index contributed by atoms with van der Waals surface area (Å²) < 4.78 is 31.0. The van der Waals surface area contributed by atoms with Crippen molar-refractivity contribution in [3.8, 4) is 0 Å². The van der Waals surface area contributed by atoms with Gasteiger partial charge in [0.15, 0.2) is 0 Å². The lowest BCUT2D eigenvalue weighted by atomic mass is 10.2. The van der Waals surface area contributed by atoms with Crippen molar-refractivity contribution < 1.29 is 17.9 Å². The molecule has 0 saturated heterocycles. The molecule has 0 aliphatic rings. The number of benzene rings is 1. The predicted molar refractivity (Wildman–Crippen MR) is 79.3 cm³/mol. The molecule has 1 N–H and O–H groups in total. The van der Waals surface area contributed by atoms with E-state index in [0.29, 0.717) is 15.0 Å². The van der Waals surface area contributed by atoms with Gasteiger partial charge in [-0.3, -0.25) is 4.72 Å². The van der Waals surface area contributed by atoms with Gasteiger partial charge in [0, 0.05) is 9.17 Å². The molecule has 1 heterocycles. The maximum Gasteiger partial charge on any atom is 0.348 e. The minimum Gasteiger partial charge on any atom is -0.465 e. The largest absolute Gasteiger partial charge is 0.465 e. The van der Waals surface area contributed by atoms with Gasteiger partial charge in [0.2, 0.25) is 10.0 Å². The lowest BCUT2D eigenvalue weighted by Crippen LogP contribution is -2.09.